The van der Waals surface area contributed by atoms with E-state index in [1.165, 1.54) is 20.3 Å². The van der Waals surface area contributed by atoms with Gasteiger partial charge in [0.05, 0.1) is 25.3 Å². The number of hydrogen-bond acceptors (Lipinski definition) is 10. The van der Waals surface area contributed by atoms with Gasteiger partial charge in [0.15, 0.2) is 16.6 Å². The van der Waals surface area contributed by atoms with Crippen LogP contribution in [0.1, 0.15) is 81.8 Å². The van der Waals surface area contributed by atoms with E-state index < -0.39 is 5.91 Å². The highest BCUT2D eigenvalue weighted by molar-refractivity contribution is 7.14. The molecule has 2 rings (SSSR count). The highest BCUT2D eigenvalue weighted by atomic mass is 32.1. The number of hydrogen-bond donors (Lipinski definition) is 4. The molecule has 1 heterocycles. The molecule has 0 aliphatic rings. The van der Waals surface area contributed by atoms with Crippen molar-refractivity contribution in [3.8, 4) is 17.2 Å². The minimum Gasteiger partial charge on any atom is -0.507 e. The van der Waals surface area contributed by atoms with Crippen LogP contribution in [0.15, 0.2) is 11.4 Å². The number of rotatable bonds is 17. The Labute approximate surface area is 255 Å². The lowest BCUT2D eigenvalue weighted by atomic mass is 10.1. The number of thiazole rings is 1. The molecule has 236 valence electrons. The summed E-state index contributed by atoms with van der Waals surface area (Å²) in [5.41, 5.74) is 0.645. The van der Waals surface area contributed by atoms with Crippen molar-refractivity contribution in [1.82, 2.24) is 25.4 Å². The quantitative estimate of drug-likeness (QED) is 0.196. The number of benzene rings is 1. The fourth-order valence-corrected chi connectivity index (χ4v) is 5.72. The second-order valence-corrected chi connectivity index (χ2v) is 12.1. The van der Waals surface area contributed by atoms with Gasteiger partial charge in [0.1, 0.15) is 11.4 Å². The van der Waals surface area contributed by atoms with Crippen LogP contribution in [0.3, 0.4) is 0 Å². The zero-order valence-corrected chi connectivity index (χ0v) is 27.6. The maximum Gasteiger partial charge on any atom is 0.270 e. The molecular weight excluding hydrogens is 556 g/mol. The number of anilines is 1. The summed E-state index contributed by atoms with van der Waals surface area (Å²) in [4.78, 5) is 34.8. The van der Waals surface area contributed by atoms with Gasteiger partial charge >= 0.3 is 0 Å². The standard InChI is InChI=1S/C30H50N6O5S/c1-18(2)35(19(3)4)13-11-31-16-23-26(37)22(15-25(40-9)27(23)41-10)28(38)34-30-33-24(17-42-30)29(39)32-12-14-36(20(5)6)21(7)8/h15,17-21,31,37H,11-14,16H2,1-10H3,(H,32,39)(H,33,34,38). The molecule has 1 aromatic heterocycles. The summed E-state index contributed by atoms with van der Waals surface area (Å²) in [6.07, 6.45) is 0. The molecule has 4 N–H and O–H groups in total. The van der Waals surface area contributed by atoms with Gasteiger partial charge < -0.3 is 25.2 Å². The van der Waals surface area contributed by atoms with Crippen molar-refractivity contribution in [2.24, 2.45) is 0 Å². The van der Waals surface area contributed by atoms with E-state index in [0.717, 1.165) is 24.4 Å². The average Bonchev–Trinajstić information content (AvgIpc) is 3.38. The van der Waals surface area contributed by atoms with Gasteiger partial charge in [-0.2, -0.15) is 0 Å². The lowest BCUT2D eigenvalue weighted by Crippen LogP contribution is -2.42. The third kappa shape index (κ3) is 9.55. The number of nitrogens with one attached hydrogen (secondary N) is 3. The van der Waals surface area contributed by atoms with Crippen LogP contribution < -0.4 is 25.4 Å². The number of nitrogens with zero attached hydrogens (tertiary/aromatic N) is 3. The second-order valence-electron chi connectivity index (χ2n) is 11.3. The first kappa shape index (κ1) is 35.3. The lowest BCUT2D eigenvalue weighted by molar-refractivity contribution is 0.0934. The molecule has 42 heavy (non-hydrogen) atoms. The SMILES string of the molecule is COc1cc(C(=O)Nc2nc(C(=O)NCCN(C(C)C)C(C)C)cs2)c(O)c(CNCCN(C(C)C)C(C)C)c1OC. The number of amides is 2. The molecule has 0 unspecified atom stereocenters. The van der Waals surface area contributed by atoms with Gasteiger partial charge in [-0.25, -0.2) is 4.98 Å². The van der Waals surface area contributed by atoms with Crippen LogP contribution >= 0.6 is 11.3 Å². The van der Waals surface area contributed by atoms with E-state index in [2.05, 4.69) is 86.1 Å². The van der Waals surface area contributed by atoms with Gasteiger partial charge in [0, 0.05) is 68.3 Å². The number of phenolic OH excluding ortho intramolecular Hbond substituents is 1. The average molecular weight is 607 g/mol. The minimum absolute atomic E-state index is 0.0131. The van der Waals surface area contributed by atoms with Crippen molar-refractivity contribution in [3.63, 3.8) is 0 Å². The Balaban J connectivity index is 2.12. The molecule has 0 radical (unpaired) electrons. The number of aromatic hydroxyl groups is 1. The van der Waals surface area contributed by atoms with Crippen LogP contribution in [-0.2, 0) is 6.54 Å². The van der Waals surface area contributed by atoms with Crippen LogP contribution in [0.2, 0.25) is 0 Å². The number of ether oxygens (including phenoxy) is 2. The molecule has 0 fully saturated rings. The van der Waals surface area contributed by atoms with Crippen LogP contribution in [-0.4, -0.2) is 96.3 Å². The molecule has 0 aliphatic heterocycles. The molecule has 0 saturated carbocycles. The number of aromatic nitrogens is 1. The monoisotopic (exact) mass is 606 g/mol. The van der Waals surface area contributed by atoms with Crippen molar-refractivity contribution < 1.29 is 24.2 Å². The fourth-order valence-electron chi connectivity index (χ4n) is 5.03. The number of methoxy groups -OCH3 is 2. The Kier molecular flexibility index (Phi) is 14.0. The molecule has 0 aliphatic carbocycles. The number of carbonyl (C=O) groups excluding carboxylic acids is 2. The first-order valence-corrected chi connectivity index (χ1v) is 15.4. The first-order valence-electron chi connectivity index (χ1n) is 14.6. The van der Waals surface area contributed by atoms with E-state index in [1.54, 1.807) is 5.38 Å². The first-order chi connectivity index (χ1) is 19.8. The van der Waals surface area contributed by atoms with E-state index in [9.17, 15) is 14.7 Å². The van der Waals surface area contributed by atoms with Crippen molar-refractivity contribution in [2.75, 3.05) is 45.7 Å². The van der Waals surface area contributed by atoms with E-state index in [4.69, 9.17) is 9.47 Å². The van der Waals surface area contributed by atoms with E-state index in [0.29, 0.717) is 54.3 Å². The maximum atomic E-state index is 13.2. The molecule has 2 amide bonds. The highest BCUT2D eigenvalue weighted by Gasteiger charge is 2.24. The summed E-state index contributed by atoms with van der Waals surface area (Å²) in [5, 5.41) is 21.9. The number of phenols is 1. The van der Waals surface area contributed by atoms with Crippen molar-refractivity contribution in [2.45, 2.75) is 86.1 Å². The van der Waals surface area contributed by atoms with Crippen molar-refractivity contribution >= 4 is 28.3 Å². The van der Waals surface area contributed by atoms with Gasteiger partial charge in [-0.05, 0) is 55.4 Å². The molecule has 1 aromatic carbocycles. The molecule has 0 saturated heterocycles. The molecule has 0 spiro atoms. The Hall–Kier alpha value is -2.93. The van der Waals surface area contributed by atoms with E-state index in [1.807, 2.05) is 0 Å². The summed E-state index contributed by atoms with van der Waals surface area (Å²) in [6.45, 7) is 20.1. The molecule has 11 nitrogen and oxygen atoms in total. The van der Waals surface area contributed by atoms with Crippen LogP contribution in [0.4, 0.5) is 5.13 Å². The van der Waals surface area contributed by atoms with Gasteiger partial charge in [-0.15, -0.1) is 11.3 Å². The minimum atomic E-state index is -0.577. The van der Waals surface area contributed by atoms with E-state index >= 15 is 0 Å². The van der Waals surface area contributed by atoms with Gasteiger partial charge in [-0.1, -0.05) is 0 Å². The van der Waals surface area contributed by atoms with Gasteiger partial charge in [-0.3, -0.25) is 24.7 Å². The number of carbonyl (C=O) groups is 2. The Morgan fingerprint density at radius 3 is 2.00 bits per heavy atom. The summed E-state index contributed by atoms with van der Waals surface area (Å²) >= 11 is 1.13. The normalized spacial score (nSPS) is 11.8. The summed E-state index contributed by atoms with van der Waals surface area (Å²) in [5.74, 6) is -0.428. The Morgan fingerprint density at radius 1 is 0.905 bits per heavy atom. The largest absolute Gasteiger partial charge is 0.507 e. The molecule has 12 heteroatoms. The van der Waals surface area contributed by atoms with Gasteiger partial charge in [0.25, 0.3) is 11.8 Å². The smallest absolute Gasteiger partial charge is 0.270 e. The predicted octanol–water partition coefficient (Wildman–Crippen LogP) is 4.18. The molecule has 2 aromatic rings. The second kappa shape index (κ2) is 16.6. The summed E-state index contributed by atoms with van der Waals surface area (Å²) in [7, 11) is 2.97. The van der Waals surface area contributed by atoms with Gasteiger partial charge in [0.2, 0.25) is 0 Å². The van der Waals surface area contributed by atoms with E-state index in [-0.39, 0.29) is 34.6 Å². The predicted molar refractivity (Wildman–Crippen MR) is 169 cm³/mol. The summed E-state index contributed by atoms with van der Waals surface area (Å²) < 4.78 is 11.0. The maximum absolute atomic E-state index is 13.2. The molecule has 0 atom stereocenters. The zero-order chi connectivity index (χ0) is 31.6. The summed E-state index contributed by atoms with van der Waals surface area (Å²) in [6, 6.07) is 2.97. The highest BCUT2D eigenvalue weighted by Crippen LogP contribution is 2.40. The zero-order valence-electron chi connectivity index (χ0n) is 26.8. The van der Waals surface area contributed by atoms with Crippen LogP contribution in [0.25, 0.3) is 0 Å². The van der Waals surface area contributed by atoms with Crippen LogP contribution in [0, 0.1) is 0 Å². The third-order valence-electron chi connectivity index (χ3n) is 7.10. The van der Waals surface area contributed by atoms with Crippen molar-refractivity contribution in [1.29, 1.82) is 0 Å². The third-order valence-corrected chi connectivity index (χ3v) is 7.86. The Bertz CT molecular complexity index is 1150. The molecular formula is C30H50N6O5S. The Morgan fingerprint density at radius 2 is 1.48 bits per heavy atom. The van der Waals surface area contributed by atoms with Crippen molar-refractivity contribution in [3.05, 3.63) is 28.3 Å². The van der Waals surface area contributed by atoms with Crippen LogP contribution in [0.5, 0.6) is 17.2 Å². The molecule has 0 bridgehead atoms. The lowest BCUT2D eigenvalue weighted by Gasteiger charge is -2.30. The topological polar surface area (TPSA) is 128 Å². The fraction of sp³-hybridized carbons (Fsp3) is 0.633.